The molecule has 3 atom stereocenters. The minimum absolute atomic E-state index is 0.505. The molecule has 0 aliphatic rings. The van der Waals surface area contributed by atoms with Crippen molar-refractivity contribution in [1.29, 1.82) is 0 Å². The van der Waals surface area contributed by atoms with Crippen molar-refractivity contribution in [1.82, 2.24) is 0 Å². The van der Waals surface area contributed by atoms with Gasteiger partial charge in [-0.2, -0.15) is 0 Å². The van der Waals surface area contributed by atoms with Gasteiger partial charge in [0.15, 0.2) is 6.10 Å². The van der Waals surface area contributed by atoms with Gasteiger partial charge in [0, 0.05) is 0 Å². The van der Waals surface area contributed by atoms with Gasteiger partial charge in [-0.3, -0.25) is 14.1 Å². The molecule has 0 aromatic heterocycles. The number of aliphatic hydroxyl groups excluding tert-OH is 2. The molecule has 134 valence electrons. The minimum Gasteiger partial charge on any atom is -0.480 e. The van der Waals surface area contributed by atoms with Crippen LogP contribution in [-0.4, -0.2) is 76.3 Å². The van der Waals surface area contributed by atoms with Crippen molar-refractivity contribution >= 4 is 25.8 Å². The highest BCUT2D eigenvalue weighted by Crippen LogP contribution is 2.11. The first kappa shape index (κ1) is 23.4. The van der Waals surface area contributed by atoms with Gasteiger partial charge >= 0.3 is 25.8 Å². The lowest BCUT2D eigenvalue weighted by atomic mass is 10.3. The molecule has 8 N–H and O–H groups in total. The number of nitrogens with two attached hydrogens (primary N) is 2. The van der Waals surface area contributed by atoms with Gasteiger partial charge < -0.3 is 36.6 Å². The SMILES string of the molecule is NC(CO)C(=O)O.NC(COC(=O)C(CO)OP(=O)=O)C(=O)O. The Morgan fingerprint density at radius 1 is 0.957 bits per heavy atom. The number of rotatable bonds is 9. The second kappa shape index (κ2) is 12.6. The van der Waals surface area contributed by atoms with E-state index >= 15 is 0 Å². The molecule has 0 aliphatic carbocycles. The lowest BCUT2D eigenvalue weighted by molar-refractivity contribution is -0.156. The van der Waals surface area contributed by atoms with Crippen molar-refractivity contribution in [2.45, 2.75) is 18.2 Å². The fourth-order valence-corrected chi connectivity index (χ4v) is 1.03. The van der Waals surface area contributed by atoms with Crippen LogP contribution in [0.25, 0.3) is 0 Å². The molecule has 23 heavy (non-hydrogen) atoms. The number of ether oxygens (including phenoxy) is 1. The third-order valence-electron chi connectivity index (χ3n) is 1.88. The maximum atomic E-state index is 11.0. The summed E-state index contributed by atoms with van der Waals surface area (Å²) in [7, 11) is -3.33. The molecule has 0 saturated heterocycles. The molecule has 0 aromatic carbocycles. The quantitative estimate of drug-likeness (QED) is 0.175. The first-order valence-corrected chi connectivity index (χ1v) is 6.82. The summed E-state index contributed by atoms with van der Waals surface area (Å²) in [5.74, 6) is -3.77. The van der Waals surface area contributed by atoms with E-state index in [1.165, 1.54) is 0 Å². The van der Waals surface area contributed by atoms with E-state index in [1.54, 1.807) is 0 Å². The standard InChI is InChI=1S/C6H10NO8P.C3H7NO3/c7-3(5(9)10)2-14-6(11)4(1-8)15-16(12)13;4-2(1-5)3(6)7/h3-4,8H,1-2,7H2,(H,9,10);2,5H,1,4H2,(H,6,7). The van der Waals surface area contributed by atoms with Crippen molar-refractivity contribution in [3.63, 3.8) is 0 Å². The number of hydrogen-bond acceptors (Lipinski definition) is 11. The summed E-state index contributed by atoms with van der Waals surface area (Å²) in [5, 5.41) is 32.8. The maximum absolute atomic E-state index is 11.0. The highest BCUT2D eigenvalue weighted by Gasteiger charge is 2.24. The lowest BCUT2D eigenvalue weighted by Gasteiger charge is -2.11. The number of carbonyl (C=O) groups excluding carboxylic acids is 1. The molecule has 0 saturated carbocycles. The number of hydrogen-bond donors (Lipinski definition) is 6. The van der Waals surface area contributed by atoms with Crippen LogP contribution in [0.5, 0.6) is 0 Å². The zero-order chi connectivity index (χ0) is 18.6. The Kier molecular flexibility index (Phi) is 12.8. The fourth-order valence-electron chi connectivity index (χ4n) is 0.669. The van der Waals surface area contributed by atoms with Crippen LogP contribution in [0.15, 0.2) is 0 Å². The second-order valence-electron chi connectivity index (χ2n) is 3.70. The Hall–Kier alpha value is -1.89. The third-order valence-corrected chi connectivity index (χ3v) is 2.30. The highest BCUT2D eigenvalue weighted by molar-refractivity contribution is 7.24. The number of carbonyl (C=O) groups is 3. The lowest BCUT2D eigenvalue weighted by Crippen LogP contribution is -2.38. The molecule has 0 aromatic rings. The number of aliphatic hydroxyl groups is 2. The fraction of sp³-hybridized carbons (Fsp3) is 0.667. The van der Waals surface area contributed by atoms with Crippen molar-refractivity contribution < 1.29 is 53.2 Å². The van der Waals surface area contributed by atoms with Crippen LogP contribution < -0.4 is 11.5 Å². The van der Waals surface area contributed by atoms with E-state index < -0.39 is 63.8 Å². The van der Waals surface area contributed by atoms with Gasteiger partial charge in [0.25, 0.3) is 0 Å². The van der Waals surface area contributed by atoms with Gasteiger partial charge in [-0.05, 0) is 0 Å². The molecule has 14 heteroatoms. The summed E-state index contributed by atoms with van der Waals surface area (Å²) in [6.07, 6.45) is -1.71. The van der Waals surface area contributed by atoms with E-state index in [-0.39, 0.29) is 0 Å². The van der Waals surface area contributed by atoms with Crippen LogP contribution in [-0.2, 0) is 32.8 Å². The Morgan fingerprint density at radius 3 is 1.70 bits per heavy atom. The van der Waals surface area contributed by atoms with E-state index in [9.17, 15) is 23.5 Å². The van der Waals surface area contributed by atoms with E-state index in [2.05, 4.69) is 9.26 Å². The maximum Gasteiger partial charge on any atom is 0.469 e. The number of esters is 1. The van der Waals surface area contributed by atoms with Gasteiger partial charge in [0.05, 0.1) is 13.2 Å². The average Bonchev–Trinajstić information content (AvgIpc) is 2.48. The molecule has 0 rings (SSSR count). The smallest absolute Gasteiger partial charge is 0.469 e. The minimum atomic E-state index is -3.33. The van der Waals surface area contributed by atoms with Gasteiger partial charge in [0.1, 0.15) is 18.7 Å². The molecule has 0 heterocycles. The molecule has 0 aliphatic heterocycles. The van der Waals surface area contributed by atoms with Crippen LogP contribution >= 0.6 is 7.91 Å². The average molecular weight is 360 g/mol. The molecule has 0 spiro atoms. The van der Waals surface area contributed by atoms with Crippen LogP contribution in [0, 0.1) is 0 Å². The van der Waals surface area contributed by atoms with Crippen molar-refractivity contribution in [2.24, 2.45) is 11.5 Å². The Morgan fingerprint density at radius 2 is 1.43 bits per heavy atom. The molecule has 0 fully saturated rings. The van der Waals surface area contributed by atoms with Gasteiger partial charge in [0.2, 0.25) is 0 Å². The van der Waals surface area contributed by atoms with Crippen LogP contribution in [0.1, 0.15) is 0 Å². The van der Waals surface area contributed by atoms with Crippen molar-refractivity contribution in [3.8, 4) is 0 Å². The van der Waals surface area contributed by atoms with E-state index in [1.807, 2.05) is 0 Å². The van der Waals surface area contributed by atoms with Gasteiger partial charge in [-0.1, -0.05) is 0 Å². The highest BCUT2D eigenvalue weighted by atomic mass is 31.1. The Balaban J connectivity index is 0. The summed E-state index contributed by atoms with van der Waals surface area (Å²) >= 11 is 0. The Labute approximate surface area is 129 Å². The van der Waals surface area contributed by atoms with Crippen molar-refractivity contribution in [2.75, 3.05) is 19.8 Å². The summed E-state index contributed by atoms with van der Waals surface area (Å²) in [5.41, 5.74) is 9.77. The van der Waals surface area contributed by atoms with Crippen LogP contribution in [0.4, 0.5) is 0 Å². The van der Waals surface area contributed by atoms with Crippen LogP contribution in [0.3, 0.4) is 0 Å². The predicted octanol–water partition coefficient (Wildman–Crippen LogP) is -3.20. The largest absolute Gasteiger partial charge is 0.480 e. The van der Waals surface area contributed by atoms with E-state index in [0.717, 1.165) is 0 Å². The zero-order valence-electron chi connectivity index (χ0n) is 11.6. The predicted molar refractivity (Wildman–Crippen MR) is 69.5 cm³/mol. The number of aliphatic carboxylic acids is 2. The normalized spacial score (nSPS) is 13.7. The zero-order valence-corrected chi connectivity index (χ0v) is 12.5. The molecule has 13 nitrogen and oxygen atoms in total. The summed E-state index contributed by atoms with van der Waals surface area (Å²) in [4.78, 5) is 30.9. The molecule has 0 bridgehead atoms. The molecular weight excluding hydrogens is 343 g/mol. The molecule has 0 radical (unpaired) electrons. The summed E-state index contributed by atoms with van der Waals surface area (Å²) < 4.78 is 28.5. The first-order valence-electron chi connectivity index (χ1n) is 5.73. The monoisotopic (exact) mass is 360 g/mol. The Bertz CT molecular complexity index is 458. The molecule has 3 unspecified atom stereocenters. The van der Waals surface area contributed by atoms with Gasteiger partial charge in [-0.15, -0.1) is 0 Å². The van der Waals surface area contributed by atoms with Gasteiger partial charge in [-0.25, -0.2) is 13.9 Å². The first-order chi connectivity index (χ1) is 10.6. The molecule has 0 amide bonds. The van der Waals surface area contributed by atoms with E-state index in [4.69, 9.17) is 31.9 Å². The third kappa shape index (κ3) is 12.3. The number of carboxylic acids is 2. The topological polar surface area (TPSA) is 237 Å². The van der Waals surface area contributed by atoms with Crippen LogP contribution in [0.2, 0.25) is 0 Å². The van der Waals surface area contributed by atoms with Crippen molar-refractivity contribution in [3.05, 3.63) is 0 Å². The summed E-state index contributed by atoms with van der Waals surface area (Å²) in [6, 6.07) is -2.55. The number of carboxylic acid groups (broad SMARTS) is 2. The molecular formula is C9H17N2O11P. The van der Waals surface area contributed by atoms with E-state index in [0.29, 0.717) is 0 Å². The second-order valence-corrected chi connectivity index (χ2v) is 4.36. The summed E-state index contributed by atoms with van der Waals surface area (Å²) in [6.45, 7) is -2.07.